The van der Waals surface area contributed by atoms with E-state index in [9.17, 15) is 14.4 Å². The predicted molar refractivity (Wildman–Crippen MR) is 109 cm³/mol. The number of nitrogens with zero attached hydrogens (tertiary/aromatic N) is 1. The largest absolute Gasteiger partial charge is 0.481 e. The lowest BCUT2D eigenvalue weighted by Crippen LogP contribution is -2.30. The van der Waals surface area contributed by atoms with Gasteiger partial charge in [-0.05, 0) is 62.2 Å². The van der Waals surface area contributed by atoms with Crippen LogP contribution in [0.3, 0.4) is 0 Å². The van der Waals surface area contributed by atoms with Crippen LogP contribution in [0, 0.1) is 0 Å². The molecule has 7 heteroatoms. The van der Waals surface area contributed by atoms with Crippen LogP contribution in [-0.4, -0.2) is 41.0 Å². The highest BCUT2D eigenvalue weighted by Crippen LogP contribution is 2.15. The number of hydrogen-bond donors (Lipinski definition) is 3. The fourth-order valence-electron chi connectivity index (χ4n) is 2.74. The van der Waals surface area contributed by atoms with Crippen molar-refractivity contribution in [3.63, 3.8) is 0 Å². The Hall–Kier alpha value is -3.35. The Morgan fingerprint density at radius 1 is 0.929 bits per heavy atom. The average molecular weight is 383 g/mol. The highest BCUT2D eigenvalue weighted by Gasteiger charge is 2.12. The summed E-state index contributed by atoms with van der Waals surface area (Å²) in [5.74, 6) is -0.904. The summed E-state index contributed by atoms with van der Waals surface area (Å²) in [5, 5.41) is 14.2. The molecule has 0 bridgehead atoms. The third kappa shape index (κ3) is 6.12. The number of benzene rings is 2. The van der Waals surface area contributed by atoms with Gasteiger partial charge in [0, 0.05) is 36.4 Å². The normalized spacial score (nSPS) is 10.2. The molecule has 0 aromatic heterocycles. The number of anilines is 2. The number of carbonyl (C=O) groups is 3. The molecule has 2 rings (SSSR count). The number of rotatable bonds is 8. The number of aryl methyl sites for hydroxylation is 1. The van der Waals surface area contributed by atoms with Gasteiger partial charge in [0.2, 0.25) is 0 Å². The number of carboxylic acids is 1. The van der Waals surface area contributed by atoms with Crippen LogP contribution in [0.25, 0.3) is 0 Å². The Bertz CT molecular complexity index is 830. The number of carboxylic acid groups (broad SMARTS) is 1. The number of urea groups is 1. The van der Waals surface area contributed by atoms with Crippen molar-refractivity contribution in [2.24, 2.45) is 0 Å². The van der Waals surface area contributed by atoms with Gasteiger partial charge in [-0.2, -0.15) is 0 Å². The van der Waals surface area contributed by atoms with Crippen LogP contribution >= 0.6 is 0 Å². The van der Waals surface area contributed by atoms with E-state index in [1.165, 1.54) is 0 Å². The first-order valence-electron chi connectivity index (χ1n) is 9.21. The monoisotopic (exact) mass is 383 g/mol. The first kappa shape index (κ1) is 21.0. The van der Waals surface area contributed by atoms with Gasteiger partial charge in [0.05, 0.1) is 0 Å². The van der Waals surface area contributed by atoms with Gasteiger partial charge in [0.15, 0.2) is 0 Å². The maximum absolute atomic E-state index is 12.3. The molecule has 0 atom stereocenters. The summed E-state index contributed by atoms with van der Waals surface area (Å²) in [6.45, 7) is 5.14. The van der Waals surface area contributed by atoms with Crippen molar-refractivity contribution in [2.45, 2.75) is 26.7 Å². The molecule has 0 aliphatic heterocycles. The summed E-state index contributed by atoms with van der Waals surface area (Å²) in [6.07, 6.45) is 0.433. The second kappa shape index (κ2) is 10.1. The van der Waals surface area contributed by atoms with Crippen LogP contribution in [0.2, 0.25) is 0 Å². The van der Waals surface area contributed by atoms with Crippen LogP contribution < -0.4 is 10.6 Å². The Morgan fingerprint density at radius 2 is 1.57 bits per heavy atom. The summed E-state index contributed by atoms with van der Waals surface area (Å²) < 4.78 is 0. The maximum Gasteiger partial charge on any atom is 0.323 e. The van der Waals surface area contributed by atoms with E-state index in [0.717, 1.165) is 5.56 Å². The van der Waals surface area contributed by atoms with E-state index in [1.807, 2.05) is 19.9 Å². The van der Waals surface area contributed by atoms with Crippen molar-refractivity contribution in [1.82, 2.24) is 4.90 Å². The third-order valence-electron chi connectivity index (χ3n) is 4.25. The summed E-state index contributed by atoms with van der Waals surface area (Å²) in [4.78, 5) is 36.9. The van der Waals surface area contributed by atoms with Crippen molar-refractivity contribution >= 4 is 29.3 Å². The molecule has 2 aromatic rings. The lowest BCUT2D eigenvalue weighted by molar-refractivity contribution is -0.136. The first-order chi connectivity index (χ1) is 13.4. The van der Waals surface area contributed by atoms with Gasteiger partial charge < -0.3 is 20.6 Å². The summed E-state index contributed by atoms with van der Waals surface area (Å²) in [7, 11) is 0. The zero-order chi connectivity index (χ0) is 20.5. The molecule has 0 aliphatic rings. The van der Waals surface area contributed by atoms with Gasteiger partial charge in [-0.3, -0.25) is 9.59 Å². The minimum Gasteiger partial charge on any atom is -0.481 e. The molecule has 2 aromatic carbocycles. The van der Waals surface area contributed by atoms with Gasteiger partial charge in [0.25, 0.3) is 5.91 Å². The minimum atomic E-state index is -0.862. The summed E-state index contributed by atoms with van der Waals surface area (Å²) >= 11 is 0. The molecule has 7 nitrogen and oxygen atoms in total. The molecule has 28 heavy (non-hydrogen) atoms. The molecule has 3 amide bonds. The van der Waals surface area contributed by atoms with E-state index in [2.05, 4.69) is 10.6 Å². The second-order valence-electron chi connectivity index (χ2n) is 6.23. The molecular weight excluding hydrogens is 358 g/mol. The van der Waals surface area contributed by atoms with E-state index in [0.29, 0.717) is 36.4 Å². The van der Waals surface area contributed by atoms with Gasteiger partial charge in [-0.15, -0.1) is 0 Å². The molecule has 0 unspecified atom stereocenters. The van der Waals surface area contributed by atoms with E-state index in [4.69, 9.17) is 5.11 Å². The zero-order valence-corrected chi connectivity index (χ0v) is 16.1. The quantitative estimate of drug-likeness (QED) is 0.645. The second-order valence-corrected chi connectivity index (χ2v) is 6.23. The first-order valence-corrected chi connectivity index (χ1v) is 9.21. The van der Waals surface area contributed by atoms with E-state index in [-0.39, 0.29) is 12.3 Å². The predicted octanol–water partition coefficient (Wildman–Crippen LogP) is 3.83. The zero-order valence-electron chi connectivity index (χ0n) is 16.1. The van der Waals surface area contributed by atoms with Crippen molar-refractivity contribution in [3.8, 4) is 0 Å². The van der Waals surface area contributed by atoms with Gasteiger partial charge in [-0.1, -0.05) is 12.1 Å². The SMILES string of the molecule is CCN(CC)C(=O)c1ccc(NC(=O)Nc2cccc(CCC(=O)O)c2)cc1. The lowest BCUT2D eigenvalue weighted by Gasteiger charge is -2.18. The minimum absolute atomic E-state index is 0.0359. The van der Waals surface area contributed by atoms with Crippen LogP contribution in [0.1, 0.15) is 36.2 Å². The molecule has 0 spiro atoms. The van der Waals surface area contributed by atoms with Gasteiger partial charge in [-0.25, -0.2) is 4.79 Å². The maximum atomic E-state index is 12.3. The molecule has 148 valence electrons. The van der Waals surface area contributed by atoms with E-state index in [1.54, 1.807) is 47.4 Å². The number of carbonyl (C=O) groups excluding carboxylic acids is 2. The highest BCUT2D eigenvalue weighted by atomic mass is 16.4. The topological polar surface area (TPSA) is 98.7 Å². The van der Waals surface area contributed by atoms with Crippen LogP contribution in [0.15, 0.2) is 48.5 Å². The molecular formula is C21H25N3O4. The van der Waals surface area contributed by atoms with Gasteiger partial charge >= 0.3 is 12.0 Å². The number of amides is 3. The molecule has 0 saturated heterocycles. The molecule has 0 radical (unpaired) electrons. The number of nitrogens with one attached hydrogen (secondary N) is 2. The molecule has 0 heterocycles. The van der Waals surface area contributed by atoms with Crippen LogP contribution in [0.5, 0.6) is 0 Å². The van der Waals surface area contributed by atoms with Crippen molar-refractivity contribution < 1.29 is 19.5 Å². The lowest BCUT2D eigenvalue weighted by atomic mass is 10.1. The number of hydrogen-bond acceptors (Lipinski definition) is 3. The third-order valence-corrected chi connectivity index (χ3v) is 4.25. The number of aliphatic carboxylic acids is 1. The van der Waals surface area contributed by atoms with E-state index < -0.39 is 12.0 Å². The Labute approximate surface area is 164 Å². The highest BCUT2D eigenvalue weighted by molar-refractivity contribution is 6.00. The summed E-state index contributed by atoms with van der Waals surface area (Å²) in [5.41, 5.74) is 2.55. The van der Waals surface area contributed by atoms with Crippen LogP contribution in [0.4, 0.5) is 16.2 Å². The Kier molecular flexibility index (Phi) is 7.56. The standard InChI is InChI=1S/C21H25N3O4/c1-3-24(4-2)20(27)16-9-11-17(12-10-16)22-21(28)23-18-7-5-6-15(14-18)8-13-19(25)26/h5-7,9-12,14H,3-4,8,13H2,1-2H3,(H,25,26)(H2,22,23,28). The molecule has 0 saturated carbocycles. The van der Waals surface area contributed by atoms with Crippen molar-refractivity contribution in [2.75, 3.05) is 23.7 Å². The Balaban J connectivity index is 1.95. The smallest absolute Gasteiger partial charge is 0.323 e. The Morgan fingerprint density at radius 3 is 2.18 bits per heavy atom. The fraction of sp³-hybridized carbons (Fsp3) is 0.286. The average Bonchev–Trinajstić information content (AvgIpc) is 2.68. The molecule has 0 fully saturated rings. The van der Waals surface area contributed by atoms with Crippen molar-refractivity contribution in [1.29, 1.82) is 0 Å². The van der Waals surface area contributed by atoms with E-state index >= 15 is 0 Å². The fourth-order valence-corrected chi connectivity index (χ4v) is 2.74. The van der Waals surface area contributed by atoms with Crippen LogP contribution in [-0.2, 0) is 11.2 Å². The van der Waals surface area contributed by atoms with Crippen molar-refractivity contribution in [3.05, 3.63) is 59.7 Å². The van der Waals surface area contributed by atoms with Gasteiger partial charge in [0.1, 0.15) is 0 Å². The molecule has 0 aliphatic carbocycles. The summed E-state index contributed by atoms with van der Waals surface area (Å²) in [6, 6.07) is 13.4. The molecule has 3 N–H and O–H groups in total.